The van der Waals surface area contributed by atoms with Crippen molar-refractivity contribution >= 4 is 23.9 Å². The molecule has 2 atom stereocenters. The van der Waals surface area contributed by atoms with E-state index in [0.29, 0.717) is 5.56 Å². The zero-order chi connectivity index (χ0) is 25.9. The Morgan fingerprint density at radius 2 is 1.19 bits per heavy atom. The molecule has 0 aliphatic rings. The Bertz CT molecular complexity index is 1180. The maximum absolute atomic E-state index is 13.1. The van der Waals surface area contributed by atoms with Gasteiger partial charge in [0.1, 0.15) is 18.7 Å². The number of carboxylic acids is 2. The third kappa shape index (κ3) is 7.98. The zero-order valence-corrected chi connectivity index (χ0v) is 19.3. The molecule has 0 unspecified atom stereocenters. The molecule has 186 valence electrons. The fraction of sp³-hybridized carbons (Fsp3) is 0.185. The first kappa shape index (κ1) is 26.0. The average Bonchev–Trinajstić information content (AvgIpc) is 2.88. The number of aromatic carboxylic acids is 1. The van der Waals surface area contributed by atoms with E-state index in [1.807, 2.05) is 24.3 Å². The molecule has 0 heterocycles. The number of hydrogen-bond acceptors (Lipinski definition) is 5. The van der Waals surface area contributed by atoms with Crippen LogP contribution in [0.5, 0.6) is 0 Å². The number of amides is 2. The number of nitrogens with one attached hydrogen (secondary N) is 2. The molecule has 36 heavy (non-hydrogen) atoms. The van der Waals surface area contributed by atoms with Gasteiger partial charge < -0.3 is 25.6 Å². The molecule has 2 amide bonds. The summed E-state index contributed by atoms with van der Waals surface area (Å²) in [5.41, 5.74) is 2.13. The van der Waals surface area contributed by atoms with E-state index in [2.05, 4.69) is 10.6 Å². The summed E-state index contributed by atoms with van der Waals surface area (Å²) in [5.74, 6) is -3.06. The van der Waals surface area contributed by atoms with E-state index in [-0.39, 0.29) is 25.0 Å². The van der Waals surface area contributed by atoms with Gasteiger partial charge in [0.15, 0.2) is 0 Å². The highest BCUT2D eigenvalue weighted by Gasteiger charge is 2.27. The molecule has 3 rings (SSSR count). The second-order valence-corrected chi connectivity index (χ2v) is 8.05. The molecular formula is C27H26N2O7. The molecule has 0 bridgehead atoms. The Balaban J connectivity index is 1.69. The number of alkyl carbamates (subject to hydrolysis) is 1. The number of carbonyl (C=O) groups is 4. The Kier molecular flexibility index (Phi) is 9.16. The van der Waals surface area contributed by atoms with Gasteiger partial charge in [-0.15, -0.1) is 0 Å². The van der Waals surface area contributed by atoms with Crippen LogP contribution in [0.25, 0.3) is 0 Å². The number of carboxylic acid groups (broad SMARTS) is 2. The van der Waals surface area contributed by atoms with Crippen LogP contribution in [0.15, 0.2) is 84.9 Å². The van der Waals surface area contributed by atoms with Crippen LogP contribution in [-0.4, -0.2) is 46.2 Å². The molecule has 0 saturated carbocycles. The summed E-state index contributed by atoms with van der Waals surface area (Å²) < 4.78 is 5.23. The Labute approximate surface area is 207 Å². The van der Waals surface area contributed by atoms with E-state index >= 15 is 0 Å². The number of ether oxygens (including phenoxy) is 1. The third-order valence-electron chi connectivity index (χ3n) is 5.36. The zero-order valence-electron chi connectivity index (χ0n) is 19.3. The molecule has 0 fully saturated rings. The van der Waals surface area contributed by atoms with Crippen LogP contribution < -0.4 is 10.6 Å². The van der Waals surface area contributed by atoms with E-state index in [1.54, 1.807) is 36.4 Å². The molecule has 0 spiro atoms. The number of carbonyl (C=O) groups excluding carboxylic acids is 2. The van der Waals surface area contributed by atoms with Crippen molar-refractivity contribution in [2.24, 2.45) is 0 Å². The standard InChI is InChI=1S/C27H26N2O7/c30-24(28-23(26(33)34)16-19-11-13-21(14-12-19)25(31)32)22(15-18-7-3-1-4-8-18)29-27(35)36-17-20-9-5-2-6-10-20/h1-14,22-23H,15-17H2,(H,28,30)(H,29,35)(H,31,32)(H,33,34)/t22-,23-/m1/s1. The largest absolute Gasteiger partial charge is 0.480 e. The third-order valence-corrected chi connectivity index (χ3v) is 5.36. The number of aliphatic carboxylic acids is 1. The van der Waals surface area contributed by atoms with E-state index in [4.69, 9.17) is 9.84 Å². The van der Waals surface area contributed by atoms with Crippen molar-refractivity contribution in [3.63, 3.8) is 0 Å². The summed E-state index contributed by atoms with van der Waals surface area (Å²) >= 11 is 0. The van der Waals surface area contributed by atoms with Gasteiger partial charge in [0.2, 0.25) is 5.91 Å². The quantitative estimate of drug-likeness (QED) is 0.324. The van der Waals surface area contributed by atoms with Crippen LogP contribution in [0.4, 0.5) is 4.79 Å². The maximum Gasteiger partial charge on any atom is 0.408 e. The lowest BCUT2D eigenvalue weighted by molar-refractivity contribution is -0.142. The molecule has 3 aromatic rings. The molecule has 9 nitrogen and oxygen atoms in total. The normalized spacial score (nSPS) is 12.1. The molecule has 0 aliphatic heterocycles. The lowest BCUT2D eigenvalue weighted by Gasteiger charge is -2.21. The second-order valence-electron chi connectivity index (χ2n) is 8.05. The van der Waals surface area contributed by atoms with Gasteiger partial charge in [-0.25, -0.2) is 14.4 Å². The van der Waals surface area contributed by atoms with Gasteiger partial charge in [0, 0.05) is 12.8 Å². The minimum atomic E-state index is -1.30. The second kappa shape index (κ2) is 12.7. The molecule has 0 aliphatic carbocycles. The van der Waals surface area contributed by atoms with Crippen LogP contribution in [-0.2, 0) is 33.8 Å². The SMILES string of the molecule is O=C(N[C@H](Cc1ccccc1)C(=O)N[C@H](Cc1ccc(C(=O)O)cc1)C(=O)O)OCc1ccccc1. The molecule has 3 aromatic carbocycles. The number of hydrogen-bond donors (Lipinski definition) is 4. The van der Waals surface area contributed by atoms with Crippen molar-refractivity contribution < 1.29 is 34.1 Å². The molecule has 0 aromatic heterocycles. The first-order chi connectivity index (χ1) is 17.3. The van der Waals surface area contributed by atoms with Crippen molar-refractivity contribution in [2.45, 2.75) is 31.5 Å². The van der Waals surface area contributed by atoms with Crippen molar-refractivity contribution in [3.05, 3.63) is 107 Å². The topological polar surface area (TPSA) is 142 Å². The van der Waals surface area contributed by atoms with E-state index in [0.717, 1.165) is 11.1 Å². The molecule has 0 saturated heterocycles. The van der Waals surface area contributed by atoms with Gasteiger partial charge in [0.05, 0.1) is 5.56 Å². The minimum Gasteiger partial charge on any atom is -0.480 e. The predicted octanol–water partition coefficient (Wildman–Crippen LogP) is 3.03. The van der Waals surface area contributed by atoms with E-state index < -0.39 is 36.0 Å². The fourth-order valence-electron chi connectivity index (χ4n) is 3.46. The summed E-state index contributed by atoms with van der Waals surface area (Å²) in [6.45, 7) is 0.0104. The Morgan fingerprint density at radius 3 is 1.75 bits per heavy atom. The summed E-state index contributed by atoms with van der Waals surface area (Å²) in [6, 6.07) is 21.3. The highest BCUT2D eigenvalue weighted by Crippen LogP contribution is 2.10. The van der Waals surface area contributed by atoms with Crippen molar-refractivity contribution in [3.8, 4) is 0 Å². The maximum atomic E-state index is 13.1. The molecule has 9 heteroatoms. The van der Waals surface area contributed by atoms with Gasteiger partial charge in [-0.3, -0.25) is 4.79 Å². The molecule has 0 radical (unpaired) electrons. The van der Waals surface area contributed by atoms with Crippen LogP contribution >= 0.6 is 0 Å². The van der Waals surface area contributed by atoms with Crippen LogP contribution in [0.3, 0.4) is 0 Å². The van der Waals surface area contributed by atoms with Crippen molar-refractivity contribution in [2.75, 3.05) is 0 Å². The van der Waals surface area contributed by atoms with Gasteiger partial charge in [-0.1, -0.05) is 72.8 Å². The van der Waals surface area contributed by atoms with Crippen molar-refractivity contribution in [1.29, 1.82) is 0 Å². The Morgan fingerprint density at radius 1 is 0.667 bits per heavy atom. The van der Waals surface area contributed by atoms with Gasteiger partial charge in [0.25, 0.3) is 0 Å². The average molecular weight is 491 g/mol. The van der Waals surface area contributed by atoms with E-state index in [9.17, 15) is 24.3 Å². The lowest BCUT2D eigenvalue weighted by atomic mass is 10.0. The van der Waals surface area contributed by atoms with Gasteiger partial charge >= 0.3 is 18.0 Å². The first-order valence-electron chi connectivity index (χ1n) is 11.2. The summed E-state index contributed by atoms with van der Waals surface area (Å²) in [4.78, 5) is 48.4. The number of benzene rings is 3. The van der Waals surface area contributed by atoms with Gasteiger partial charge in [-0.05, 0) is 28.8 Å². The minimum absolute atomic E-state index is 0.0104. The monoisotopic (exact) mass is 490 g/mol. The summed E-state index contributed by atoms with van der Waals surface area (Å²) in [6.07, 6.45) is -0.768. The van der Waals surface area contributed by atoms with Crippen molar-refractivity contribution in [1.82, 2.24) is 10.6 Å². The van der Waals surface area contributed by atoms with Crippen LogP contribution in [0, 0.1) is 0 Å². The van der Waals surface area contributed by atoms with Gasteiger partial charge in [-0.2, -0.15) is 0 Å². The molecule has 4 N–H and O–H groups in total. The first-order valence-corrected chi connectivity index (χ1v) is 11.2. The van der Waals surface area contributed by atoms with Crippen LogP contribution in [0.2, 0.25) is 0 Å². The summed E-state index contributed by atoms with van der Waals surface area (Å²) in [7, 11) is 0. The smallest absolute Gasteiger partial charge is 0.408 e. The predicted molar refractivity (Wildman–Crippen MR) is 130 cm³/mol. The highest BCUT2D eigenvalue weighted by molar-refractivity contribution is 5.90. The van der Waals surface area contributed by atoms with Crippen LogP contribution in [0.1, 0.15) is 27.0 Å². The fourth-order valence-corrected chi connectivity index (χ4v) is 3.46. The van der Waals surface area contributed by atoms with E-state index in [1.165, 1.54) is 24.3 Å². The summed E-state index contributed by atoms with van der Waals surface area (Å²) in [5, 5.41) is 23.7. The number of rotatable bonds is 11. The molecular weight excluding hydrogens is 464 g/mol. The highest BCUT2D eigenvalue weighted by atomic mass is 16.5. The Hall–Kier alpha value is -4.66. The lowest BCUT2D eigenvalue weighted by Crippen LogP contribution is -2.53.